The van der Waals surface area contributed by atoms with Gasteiger partial charge in [-0.3, -0.25) is 0 Å². The highest BCUT2D eigenvalue weighted by molar-refractivity contribution is 5.79. The van der Waals surface area contributed by atoms with E-state index in [1.807, 2.05) is 32.0 Å². The topological polar surface area (TPSA) is 44.8 Å². The summed E-state index contributed by atoms with van der Waals surface area (Å²) in [6, 6.07) is 9.13. The molecule has 1 rings (SSSR count). The van der Waals surface area contributed by atoms with E-state index in [4.69, 9.17) is 14.2 Å². The Morgan fingerprint density at radius 1 is 1.00 bits per heavy atom. The fourth-order valence-corrected chi connectivity index (χ4v) is 1.73. The number of hydrogen-bond acceptors (Lipinski definition) is 4. The van der Waals surface area contributed by atoms with Gasteiger partial charge in [-0.2, -0.15) is 0 Å². The lowest BCUT2D eigenvalue weighted by molar-refractivity contribution is -0.252. The predicted molar refractivity (Wildman–Crippen MR) is 68.0 cm³/mol. The lowest BCUT2D eigenvalue weighted by Crippen LogP contribution is -2.43. The second-order valence-corrected chi connectivity index (χ2v) is 3.57. The Morgan fingerprint density at radius 3 is 2.00 bits per heavy atom. The molecule has 0 saturated carbocycles. The van der Waals surface area contributed by atoms with Crippen LogP contribution >= 0.6 is 0 Å². The van der Waals surface area contributed by atoms with E-state index in [0.29, 0.717) is 18.8 Å². The minimum absolute atomic E-state index is 0.285. The molecule has 0 fully saturated rings. The van der Waals surface area contributed by atoms with Crippen LogP contribution in [0, 0.1) is 0 Å². The number of benzene rings is 1. The van der Waals surface area contributed by atoms with Gasteiger partial charge in [-0.05, 0) is 20.8 Å². The summed E-state index contributed by atoms with van der Waals surface area (Å²) in [5.74, 6) is -1.97. The Bertz CT molecular complexity index is 355. The second-order valence-electron chi connectivity index (χ2n) is 3.57. The van der Waals surface area contributed by atoms with Crippen molar-refractivity contribution in [2.24, 2.45) is 0 Å². The minimum Gasteiger partial charge on any atom is -0.462 e. The van der Waals surface area contributed by atoms with Crippen LogP contribution in [-0.2, 0) is 24.8 Å². The predicted octanol–water partition coefficient (Wildman–Crippen LogP) is 2.48. The van der Waals surface area contributed by atoms with Gasteiger partial charge in [-0.1, -0.05) is 30.3 Å². The molecule has 4 nitrogen and oxygen atoms in total. The zero-order chi connectivity index (χ0) is 13.4. The molecule has 0 unspecified atom stereocenters. The molecule has 0 aliphatic rings. The first-order valence-corrected chi connectivity index (χ1v) is 6.21. The summed E-state index contributed by atoms with van der Waals surface area (Å²) in [6.07, 6.45) is 0. The van der Waals surface area contributed by atoms with Crippen LogP contribution in [0.2, 0.25) is 0 Å². The standard InChI is InChI=1S/C14H20O4/c1-4-16-13(15)14(17-5-2,18-6-3)12-10-8-7-9-11-12/h7-11H,4-6H2,1-3H3. The molecule has 0 atom stereocenters. The normalized spacial score (nSPS) is 11.3. The van der Waals surface area contributed by atoms with E-state index < -0.39 is 11.8 Å². The van der Waals surface area contributed by atoms with E-state index in [0.717, 1.165) is 0 Å². The first kappa shape index (κ1) is 14.7. The Balaban J connectivity index is 3.16. The zero-order valence-corrected chi connectivity index (χ0v) is 11.1. The lowest BCUT2D eigenvalue weighted by atomic mass is 10.1. The van der Waals surface area contributed by atoms with Gasteiger partial charge >= 0.3 is 5.97 Å². The molecule has 1 aromatic carbocycles. The summed E-state index contributed by atoms with van der Waals surface area (Å²) in [5.41, 5.74) is 0.646. The van der Waals surface area contributed by atoms with Gasteiger partial charge in [0.05, 0.1) is 6.61 Å². The number of carbonyl (C=O) groups is 1. The molecular formula is C14H20O4. The van der Waals surface area contributed by atoms with Crippen molar-refractivity contribution in [2.45, 2.75) is 26.6 Å². The van der Waals surface area contributed by atoms with Gasteiger partial charge in [0, 0.05) is 18.8 Å². The quantitative estimate of drug-likeness (QED) is 0.552. The van der Waals surface area contributed by atoms with Crippen LogP contribution < -0.4 is 0 Å². The molecule has 0 amide bonds. The summed E-state index contributed by atoms with van der Waals surface area (Å²) in [5, 5.41) is 0. The summed E-state index contributed by atoms with van der Waals surface area (Å²) >= 11 is 0. The number of rotatable bonds is 7. The molecule has 0 N–H and O–H groups in total. The SMILES string of the molecule is CCOC(=O)C(OCC)(OCC)c1ccccc1. The van der Waals surface area contributed by atoms with Crippen molar-refractivity contribution in [2.75, 3.05) is 19.8 Å². The third-order valence-corrected chi connectivity index (χ3v) is 2.39. The Labute approximate surface area is 108 Å². The molecule has 0 bridgehead atoms. The fourth-order valence-electron chi connectivity index (χ4n) is 1.73. The number of esters is 1. The molecule has 0 saturated heterocycles. The van der Waals surface area contributed by atoms with Gasteiger partial charge in [0.2, 0.25) is 0 Å². The van der Waals surface area contributed by atoms with Gasteiger partial charge in [0.1, 0.15) is 0 Å². The first-order valence-electron chi connectivity index (χ1n) is 6.21. The molecular weight excluding hydrogens is 232 g/mol. The molecule has 0 spiro atoms. The average Bonchev–Trinajstić information content (AvgIpc) is 2.39. The maximum atomic E-state index is 12.2. The van der Waals surface area contributed by atoms with Crippen molar-refractivity contribution in [3.05, 3.63) is 35.9 Å². The maximum Gasteiger partial charge on any atom is 0.372 e. The maximum absolute atomic E-state index is 12.2. The van der Waals surface area contributed by atoms with E-state index in [1.165, 1.54) is 0 Å². The van der Waals surface area contributed by atoms with Crippen LogP contribution in [0.15, 0.2) is 30.3 Å². The van der Waals surface area contributed by atoms with Gasteiger partial charge in [-0.15, -0.1) is 0 Å². The van der Waals surface area contributed by atoms with Crippen LogP contribution in [0.25, 0.3) is 0 Å². The van der Waals surface area contributed by atoms with Crippen molar-refractivity contribution >= 4 is 5.97 Å². The van der Waals surface area contributed by atoms with Gasteiger partial charge < -0.3 is 14.2 Å². The van der Waals surface area contributed by atoms with E-state index in [2.05, 4.69) is 0 Å². The number of ether oxygens (including phenoxy) is 3. The summed E-state index contributed by atoms with van der Waals surface area (Å²) in [4.78, 5) is 12.2. The Hall–Kier alpha value is -1.39. The van der Waals surface area contributed by atoms with Crippen molar-refractivity contribution in [1.29, 1.82) is 0 Å². The summed E-state index contributed by atoms with van der Waals surface area (Å²) < 4.78 is 16.2. The molecule has 18 heavy (non-hydrogen) atoms. The van der Waals surface area contributed by atoms with E-state index in [9.17, 15) is 4.79 Å². The molecule has 100 valence electrons. The highest BCUT2D eigenvalue weighted by Crippen LogP contribution is 2.29. The Morgan fingerprint density at radius 2 is 1.56 bits per heavy atom. The van der Waals surface area contributed by atoms with Crippen molar-refractivity contribution < 1.29 is 19.0 Å². The third kappa shape index (κ3) is 3.09. The Kier molecular flexibility index (Phi) is 5.82. The highest BCUT2D eigenvalue weighted by Gasteiger charge is 2.44. The second kappa shape index (κ2) is 7.13. The fraction of sp³-hybridized carbons (Fsp3) is 0.500. The van der Waals surface area contributed by atoms with Gasteiger partial charge in [0.25, 0.3) is 5.79 Å². The van der Waals surface area contributed by atoms with E-state index >= 15 is 0 Å². The first-order chi connectivity index (χ1) is 8.71. The smallest absolute Gasteiger partial charge is 0.372 e. The van der Waals surface area contributed by atoms with Crippen molar-refractivity contribution in [1.82, 2.24) is 0 Å². The lowest BCUT2D eigenvalue weighted by Gasteiger charge is -2.30. The van der Waals surface area contributed by atoms with Crippen LogP contribution in [-0.4, -0.2) is 25.8 Å². The molecule has 0 aliphatic heterocycles. The molecule has 4 heteroatoms. The zero-order valence-electron chi connectivity index (χ0n) is 11.1. The minimum atomic E-state index is -1.46. The number of carbonyl (C=O) groups excluding carboxylic acids is 1. The molecule has 0 aliphatic carbocycles. The number of hydrogen-bond donors (Lipinski definition) is 0. The summed E-state index contributed by atoms with van der Waals surface area (Å²) in [7, 11) is 0. The van der Waals surface area contributed by atoms with Gasteiger partial charge in [-0.25, -0.2) is 4.79 Å². The van der Waals surface area contributed by atoms with Crippen molar-refractivity contribution in [3.8, 4) is 0 Å². The van der Waals surface area contributed by atoms with Crippen LogP contribution in [0.5, 0.6) is 0 Å². The van der Waals surface area contributed by atoms with Crippen LogP contribution in [0.4, 0.5) is 0 Å². The van der Waals surface area contributed by atoms with Gasteiger partial charge in [0.15, 0.2) is 0 Å². The van der Waals surface area contributed by atoms with Crippen LogP contribution in [0.1, 0.15) is 26.3 Å². The largest absolute Gasteiger partial charge is 0.462 e. The molecule has 0 radical (unpaired) electrons. The molecule has 1 aromatic rings. The molecule has 0 heterocycles. The summed E-state index contributed by atoms with van der Waals surface area (Å²) in [6.45, 7) is 6.38. The van der Waals surface area contributed by atoms with Crippen LogP contribution in [0.3, 0.4) is 0 Å². The average molecular weight is 252 g/mol. The van der Waals surface area contributed by atoms with E-state index in [1.54, 1.807) is 19.1 Å². The third-order valence-electron chi connectivity index (χ3n) is 2.39. The monoisotopic (exact) mass is 252 g/mol. The van der Waals surface area contributed by atoms with Crippen molar-refractivity contribution in [3.63, 3.8) is 0 Å². The molecule has 0 aromatic heterocycles. The highest BCUT2D eigenvalue weighted by atomic mass is 16.7. The van der Waals surface area contributed by atoms with E-state index in [-0.39, 0.29) is 6.61 Å².